The van der Waals surface area contributed by atoms with Crippen molar-refractivity contribution in [3.05, 3.63) is 18.7 Å². The minimum absolute atomic E-state index is 0.183. The first-order chi connectivity index (χ1) is 13.2. The fourth-order valence-corrected chi connectivity index (χ4v) is 2.85. The number of hydrogen-bond donors (Lipinski definition) is 0. The van der Waals surface area contributed by atoms with Gasteiger partial charge in [0.15, 0.2) is 13.5 Å². The molecular formula is C19H32N3O5+. The molecule has 0 bridgehead atoms. The largest absolute Gasteiger partial charge is 0.446 e. The zero-order chi connectivity index (χ0) is 19.7. The van der Waals surface area contributed by atoms with Crippen LogP contribution in [0.5, 0.6) is 0 Å². The topological polar surface area (TPSA) is 81.7 Å². The summed E-state index contributed by atoms with van der Waals surface area (Å²) < 4.78 is 13.4. The number of imidazole rings is 1. The van der Waals surface area contributed by atoms with Crippen molar-refractivity contribution in [1.29, 1.82) is 0 Å². The molecular weight excluding hydrogens is 350 g/mol. The minimum Gasteiger partial charge on any atom is -0.446 e. The molecule has 27 heavy (non-hydrogen) atoms. The number of aromatic nitrogens is 2. The highest BCUT2D eigenvalue weighted by Gasteiger charge is 2.13. The Morgan fingerprint density at radius 2 is 1.52 bits per heavy atom. The van der Waals surface area contributed by atoms with E-state index in [1.165, 1.54) is 37.0 Å². The summed E-state index contributed by atoms with van der Waals surface area (Å²) in [6, 6.07) is 0. The number of amides is 1. The Morgan fingerprint density at radius 3 is 2.04 bits per heavy atom. The van der Waals surface area contributed by atoms with Crippen molar-refractivity contribution in [2.45, 2.75) is 64.3 Å². The van der Waals surface area contributed by atoms with Crippen LogP contribution in [0.1, 0.15) is 57.8 Å². The summed E-state index contributed by atoms with van der Waals surface area (Å²) in [6.07, 6.45) is 15.6. The molecule has 0 aliphatic heterocycles. The number of carbonyl (C=O) groups excluding carboxylic acids is 3. The van der Waals surface area contributed by atoms with E-state index in [0.717, 1.165) is 25.8 Å². The average Bonchev–Trinajstić information content (AvgIpc) is 3.08. The molecule has 1 amide bonds. The van der Waals surface area contributed by atoms with Gasteiger partial charge in [-0.1, -0.05) is 32.1 Å². The van der Waals surface area contributed by atoms with Crippen LogP contribution >= 0.6 is 0 Å². The molecule has 8 heteroatoms. The van der Waals surface area contributed by atoms with E-state index in [0.29, 0.717) is 6.42 Å². The van der Waals surface area contributed by atoms with Crippen molar-refractivity contribution in [3.8, 4) is 0 Å². The van der Waals surface area contributed by atoms with E-state index in [-0.39, 0.29) is 32.3 Å². The third kappa shape index (κ3) is 11.0. The van der Waals surface area contributed by atoms with Crippen molar-refractivity contribution in [2.24, 2.45) is 7.05 Å². The quantitative estimate of drug-likeness (QED) is 0.178. The normalized spacial score (nSPS) is 10.4. The van der Waals surface area contributed by atoms with Crippen molar-refractivity contribution in [2.75, 3.05) is 13.5 Å². The van der Waals surface area contributed by atoms with E-state index in [2.05, 4.69) is 37.3 Å². The summed E-state index contributed by atoms with van der Waals surface area (Å²) in [7, 11) is 2.03. The second-order valence-electron chi connectivity index (χ2n) is 6.61. The molecule has 1 aromatic heterocycles. The number of carbonyl (C=O) groups is 3. The predicted octanol–water partition coefficient (Wildman–Crippen LogP) is 1.91. The van der Waals surface area contributed by atoms with Crippen molar-refractivity contribution in [3.63, 3.8) is 0 Å². The fraction of sp³-hybridized carbons (Fsp3) is 0.684. The molecule has 0 fully saturated rings. The average molecular weight is 382 g/mol. The second kappa shape index (κ2) is 14.8. The van der Waals surface area contributed by atoms with Gasteiger partial charge in [-0.3, -0.25) is 19.3 Å². The van der Waals surface area contributed by atoms with Gasteiger partial charge in [-0.2, -0.15) is 0 Å². The first-order valence-electron chi connectivity index (χ1n) is 9.56. The van der Waals surface area contributed by atoms with E-state index in [1.807, 2.05) is 7.05 Å². The van der Waals surface area contributed by atoms with E-state index in [4.69, 9.17) is 0 Å². The highest BCUT2D eigenvalue weighted by atomic mass is 16.6. The SMILES string of the molecule is Cn1cc[n+](CCCCCCCCCCC(=O)N(COC=O)COC=O)c1. The minimum atomic E-state index is -0.197. The van der Waals surface area contributed by atoms with Gasteiger partial charge >= 0.3 is 0 Å². The lowest BCUT2D eigenvalue weighted by Gasteiger charge is -2.19. The Hall–Kier alpha value is -2.38. The van der Waals surface area contributed by atoms with E-state index < -0.39 is 0 Å². The maximum Gasteiger partial charge on any atom is 0.294 e. The Morgan fingerprint density at radius 1 is 0.963 bits per heavy atom. The van der Waals surface area contributed by atoms with Crippen LogP contribution in [0.15, 0.2) is 18.7 Å². The first-order valence-corrected chi connectivity index (χ1v) is 9.56. The molecule has 0 unspecified atom stereocenters. The second-order valence-corrected chi connectivity index (χ2v) is 6.61. The van der Waals surface area contributed by atoms with Gasteiger partial charge in [0, 0.05) is 6.42 Å². The third-order valence-electron chi connectivity index (χ3n) is 4.33. The highest BCUT2D eigenvalue weighted by Crippen LogP contribution is 2.10. The van der Waals surface area contributed by atoms with Crippen molar-refractivity contribution < 1.29 is 28.4 Å². The molecule has 0 N–H and O–H groups in total. The number of rotatable bonds is 17. The summed E-state index contributed by atoms with van der Waals surface area (Å²) in [5.74, 6) is -0.183. The summed E-state index contributed by atoms with van der Waals surface area (Å²) in [5.41, 5.74) is 0. The molecule has 0 saturated heterocycles. The summed E-state index contributed by atoms with van der Waals surface area (Å²) in [6.45, 7) is 1.20. The summed E-state index contributed by atoms with van der Waals surface area (Å²) in [4.78, 5) is 33.7. The smallest absolute Gasteiger partial charge is 0.294 e. The lowest BCUT2D eigenvalue weighted by Crippen LogP contribution is -2.34. The van der Waals surface area contributed by atoms with Gasteiger partial charge in [0.1, 0.15) is 12.4 Å². The zero-order valence-corrected chi connectivity index (χ0v) is 16.3. The molecule has 1 heterocycles. The molecule has 0 aliphatic carbocycles. The van der Waals surface area contributed by atoms with Crippen LogP contribution in [0.25, 0.3) is 0 Å². The van der Waals surface area contributed by atoms with E-state index in [1.54, 1.807) is 0 Å². The van der Waals surface area contributed by atoms with Crippen LogP contribution in [-0.2, 0) is 37.4 Å². The third-order valence-corrected chi connectivity index (χ3v) is 4.33. The summed E-state index contributed by atoms with van der Waals surface area (Å²) >= 11 is 0. The van der Waals surface area contributed by atoms with Gasteiger partial charge in [0.2, 0.25) is 12.2 Å². The Balaban J connectivity index is 1.97. The van der Waals surface area contributed by atoms with Gasteiger partial charge < -0.3 is 9.47 Å². The molecule has 0 radical (unpaired) electrons. The van der Waals surface area contributed by atoms with Crippen LogP contribution < -0.4 is 4.57 Å². The van der Waals surface area contributed by atoms with E-state index in [9.17, 15) is 14.4 Å². The molecule has 0 aliphatic rings. The maximum absolute atomic E-state index is 12.0. The molecule has 0 spiro atoms. The van der Waals surface area contributed by atoms with Gasteiger partial charge in [-0.05, 0) is 19.3 Å². The van der Waals surface area contributed by atoms with Gasteiger partial charge in [0.05, 0.1) is 13.6 Å². The molecule has 1 aromatic rings. The standard InChI is InChI=1S/C19H32N3O5/c1-20-12-13-21(14-20)11-9-7-5-3-2-4-6-8-10-19(25)22(15-26-17-23)16-27-18-24/h12-14,17-18H,2-11,15-16H2,1H3/q+1. The van der Waals surface area contributed by atoms with Crippen LogP contribution in [0, 0.1) is 0 Å². The lowest BCUT2D eigenvalue weighted by molar-refractivity contribution is -0.696. The van der Waals surface area contributed by atoms with Crippen LogP contribution in [0.4, 0.5) is 0 Å². The Labute approximate surface area is 161 Å². The number of unbranched alkanes of at least 4 members (excludes halogenated alkanes) is 7. The molecule has 1 rings (SSSR count). The van der Waals surface area contributed by atoms with E-state index >= 15 is 0 Å². The number of aryl methyl sites for hydroxylation is 2. The maximum atomic E-state index is 12.0. The Kier molecular flexibility index (Phi) is 12.4. The number of nitrogens with zero attached hydrogens (tertiary/aromatic N) is 3. The fourth-order valence-electron chi connectivity index (χ4n) is 2.85. The summed E-state index contributed by atoms with van der Waals surface area (Å²) in [5, 5.41) is 0. The monoisotopic (exact) mass is 382 g/mol. The lowest BCUT2D eigenvalue weighted by atomic mass is 10.1. The van der Waals surface area contributed by atoms with Crippen LogP contribution in [0.3, 0.4) is 0 Å². The number of ether oxygens (including phenoxy) is 2. The molecule has 0 aromatic carbocycles. The molecule has 0 saturated carbocycles. The highest BCUT2D eigenvalue weighted by molar-refractivity contribution is 5.76. The molecule has 8 nitrogen and oxygen atoms in total. The Bertz CT molecular complexity index is 535. The van der Waals surface area contributed by atoms with Crippen molar-refractivity contribution in [1.82, 2.24) is 9.47 Å². The first kappa shape index (κ1) is 22.7. The molecule has 0 atom stereocenters. The van der Waals surface area contributed by atoms with Crippen LogP contribution in [0.2, 0.25) is 0 Å². The zero-order valence-electron chi connectivity index (χ0n) is 16.3. The van der Waals surface area contributed by atoms with Gasteiger partial charge in [0.25, 0.3) is 12.9 Å². The number of hydrogen-bond acceptors (Lipinski definition) is 5. The van der Waals surface area contributed by atoms with Gasteiger partial charge in [-0.25, -0.2) is 9.13 Å². The van der Waals surface area contributed by atoms with Gasteiger partial charge in [-0.15, -0.1) is 0 Å². The van der Waals surface area contributed by atoms with Crippen molar-refractivity contribution >= 4 is 18.9 Å². The predicted molar refractivity (Wildman–Crippen MR) is 98.0 cm³/mol. The molecule has 152 valence electrons. The van der Waals surface area contributed by atoms with Crippen LogP contribution in [-0.4, -0.2) is 41.8 Å².